The molecule has 1 fully saturated rings. The summed E-state index contributed by atoms with van der Waals surface area (Å²) >= 11 is 0. The van der Waals surface area contributed by atoms with Crippen molar-refractivity contribution in [3.05, 3.63) is 59.7 Å². The van der Waals surface area contributed by atoms with E-state index in [9.17, 15) is 13.2 Å². The van der Waals surface area contributed by atoms with E-state index in [1.807, 2.05) is 29.2 Å². The van der Waals surface area contributed by atoms with Crippen LogP contribution in [0.4, 0.5) is 18.9 Å². The average molecular weight is 364 g/mol. The van der Waals surface area contributed by atoms with E-state index in [1.54, 1.807) is 19.2 Å². The van der Waals surface area contributed by atoms with E-state index in [4.69, 9.17) is 4.74 Å². The molecule has 26 heavy (non-hydrogen) atoms. The zero-order valence-corrected chi connectivity index (χ0v) is 14.9. The standard InChI is InChI=1S/C20H23F3N2O/c1-14(15-6-5-7-17(12-15)26-2)24-16-10-11-25(13-16)19-9-4-3-8-18(19)20(21,22)23/h3-9,12,14,16,24H,10-11,13H2,1-2H3/t14-,16+/m1/s1. The molecule has 0 bridgehead atoms. The summed E-state index contributed by atoms with van der Waals surface area (Å²) in [6, 6.07) is 13.8. The summed E-state index contributed by atoms with van der Waals surface area (Å²) < 4.78 is 45.0. The predicted molar refractivity (Wildman–Crippen MR) is 96.6 cm³/mol. The molecule has 2 aromatic rings. The van der Waals surface area contributed by atoms with Crippen LogP contribution in [0.1, 0.15) is 30.5 Å². The second-order valence-corrected chi connectivity index (χ2v) is 6.61. The molecule has 2 atom stereocenters. The lowest BCUT2D eigenvalue weighted by Crippen LogP contribution is -2.34. The Kier molecular flexibility index (Phi) is 5.41. The van der Waals surface area contributed by atoms with Gasteiger partial charge in [0, 0.05) is 30.9 Å². The van der Waals surface area contributed by atoms with Crippen LogP contribution in [-0.2, 0) is 6.18 Å². The first kappa shape index (κ1) is 18.6. The van der Waals surface area contributed by atoms with E-state index in [2.05, 4.69) is 12.2 Å². The van der Waals surface area contributed by atoms with Gasteiger partial charge in [-0.25, -0.2) is 0 Å². The normalized spacial score (nSPS) is 18.8. The van der Waals surface area contributed by atoms with Crippen molar-refractivity contribution in [3.8, 4) is 5.75 Å². The third kappa shape index (κ3) is 4.12. The van der Waals surface area contributed by atoms with Crippen LogP contribution in [0.3, 0.4) is 0 Å². The Bertz CT molecular complexity index is 748. The third-order valence-corrected chi connectivity index (χ3v) is 4.82. The number of anilines is 1. The van der Waals surface area contributed by atoms with E-state index in [0.717, 1.165) is 23.8 Å². The first-order valence-corrected chi connectivity index (χ1v) is 8.69. The molecule has 0 aromatic heterocycles. The maximum absolute atomic E-state index is 13.2. The van der Waals surface area contributed by atoms with E-state index >= 15 is 0 Å². The SMILES string of the molecule is COc1cccc([C@@H](C)N[C@H]2CCN(c3ccccc3C(F)(F)F)C2)c1. The van der Waals surface area contributed by atoms with Gasteiger partial charge in [0.15, 0.2) is 0 Å². The Balaban J connectivity index is 1.68. The van der Waals surface area contributed by atoms with Gasteiger partial charge in [0.2, 0.25) is 0 Å². The van der Waals surface area contributed by atoms with Gasteiger partial charge in [-0.2, -0.15) is 13.2 Å². The fourth-order valence-electron chi connectivity index (χ4n) is 3.46. The highest BCUT2D eigenvalue weighted by Gasteiger charge is 2.36. The molecule has 3 nitrogen and oxygen atoms in total. The molecule has 0 saturated carbocycles. The van der Waals surface area contributed by atoms with Gasteiger partial charge in [0.05, 0.1) is 12.7 Å². The minimum atomic E-state index is -4.34. The lowest BCUT2D eigenvalue weighted by molar-refractivity contribution is -0.137. The number of hydrogen-bond donors (Lipinski definition) is 1. The molecule has 2 aromatic carbocycles. The Labute approximate surface area is 151 Å². The van der Waals surface area contributed by atoms with E-state index in [-0.39, 0.29) is 17.8 Å². The number of nitrogens with one attached hydrogen (secondary N) is 1. The molecule has 140 valence electrons. The van der Waals surface area contributed by atoms with Crippen molar-refractivity contribution in [2.45, 2.75) is 31.6 Å². The van der Waals surface area contributed by atoms with Crippen molar-refractivity contribution in [2.75, 3.05) is 25.1 Å². The number of hydrogen-bond acceptors (Lipinski definition) is 3. The molecule has 0 radical (unpaired) electrons. The first-order chi connectivity index (χ1) is 12.4. The van der Waals surface area contributed by atoms with E-state index < -0.39 is 11.7 Å². The Hall–Kier alpha value is -2.21. The second-order valence-electron chi connectivity index (χ2n) is 6.61. The summed E-state index contributed by atoms with van der Waals surface area (Å²) in [5.41, 5.74) is 0.790. The van der Waals surface area contributed by atoms with Crippen molar-refractivity contribution < 1.29 is 17.9 Å². The number of benzene rings is 2. The van der Waals surface area contributed by atoms with Crippen LogP contribution in [-0.4, -0.2) is 26.2 Å². The third-order valence-electron chi connectivity index (χ3n) is 4.82. The van der Waals surface area contributed by atoms with Gasteiger partial charge in [-0.1, -0.05) is 24.3 Å². The van der Waals surface area contributed by atoms with Gasteiger partial charge < -0.3 is 15.0 Å². The summed E-state index contributed by atoms with van der Waals surface area (Å²) in [5, 5.41) is 3.53. The molecule has 1 N–H and O–H groups in total. The number of nitrogens with zero attached hydrogens (tertiary/aromatic N) is 1. The van der Waals surface area contributed by atoms with Gasteiger partial charge in [-0.15, -0.1) is 0 Å². The quantitative estimate of drug-likeness (QED) is 0.836. The van der Waals surface area contributed by atoms with Gasteiger partial charge in [-0.05, 0) is 43.2 Å². The van der Waals surface area contributed by atoms with Gasteiger partial charge >= 0.3 is 6.18 Å². The van der Waals surface area contributed by atoms with Crippen molar-refractivity contribution in [1.29, 1.82) is 0 Å². The summed E-state index contributed by atoms with van der Waals surface area (Å²) in [5.74, 6) is 0.795. The fourth-order valence-corrected chi connectivity index (χ4v) is 3.46. The number of methoxy groups -OCH3 is 1. The molecule has 1 aliphatic rings. The molecule has 1 saturated heterocycles. The average Bonchev–Trinajstić information content (AvgIpc) is 3.09. The van der Waals surface area contributed by atoms with Gasteiger partial charge in [0.25, 0.3) is 0 Å². The van der Waals surface area contributed by atoms with Gasteiger partial charge in [0.1, 0.15) is 5.75 Å². The van der Waals surface area contributed by atoms with Crippen LogP contribution in [0.2, 0.25) is 0 Å². The smallest absolute Gasteiger partial charge is 0.418 e. The summed E-state index contributed by atoms with van der Waals surface area (Å²) in [7, 11) is 1.63. The summed E-state index contributed by atoms with van der Waals surface area (Å²) in [6.07, 6.45) is -3.53. The topological polar surface area (TPSA) is 24.5 Å². The van der Waals surface area contributed by atoms with Gasteiger partial charge in [-0.3, -0.25) is 0 Å². The maximum Gasteiger partial charge on any atom is 0.418 e. The molecular weight excluding hydrogens is 341 g/mol. The highest BCUT2D eigenvalue weighted by atomic mass is 19.4. The number of rotatable bonds is 5. The molecule has 1 heterocycles. The predicted octanol–water partition coefficient (Wildman–Crippen LogP) is 4.64. The summed E-state index contributed by atoms with van der Waals surface area (Å²) in [4.78, 5) is 1.82. The molecule has 6 heteroatoms. The minimum Gasteiger partial charge on any atom is -0.497 e. The highest BCUT2D eigenvalue weighted by molar-refractivity contribution is 5.56. The molecular formula is C20H23F3N2O. The van der Waals surface area contributed by atoms with Crippen molar-refractivity contribution in [1.82, 2.24) is 5.32 Å². The van der Waals surface area contributed by atoms with Crippen LogP contribution in [0.5, 0.6) is 5.75 Å². The first-order valence-electron chi connectivity index (χ1n) is 8.69. The molecule has 0 amide bonds. The monoisotopic (exact) mass is 364 g/mol. The maximum atomic E-state index is 13.2. The van der Waals surface area contributed by atoms with Crippen molar-refractivity contribution in [3.63, 3.8) is 0 Å². The lowest BCUT2D eigenvalue weighted by Gasteiger charge is -2.24. The van der Waals surface area contributed by atoms with Crippen LogP contribution in [0.25, 0.3) is 0 Å². The zero-order valence-electron chi connectivity index (χ0n) is 14.9. The molecule has 1 aliphatic heterocycles. The Morgan fingerprint density at radius 2 is 1.92 bits per heavy atom. The zero-order chi connectivity index (χ0) is 18.7. The lowest BCUT2D eigenvalue weighted by atomic mass is 10.1. The minimum absolute atomic E-state index is 0.0907. The number of halogens is 3. The van der Waals surface area contributed by atoms with Crippen LogP contribution in [0.15, 0.2) is 48.5 Å². The van der Waals surface area contributed by atoms with E-state index in [0.29, 0.717) is 13.1 Å². The van der Waals surface area contributed by atoms with Crippen molar-refractivity contribution in [2.24, 2.45) is 0 Å². The largest absolute Gasteiger partial charge is 0.497 e. The molecule has 0 unspecified atom stereocenters. The Morgan fingerprint density at radius 1 is 1.15 bits per heavy atom. The molecule has 0 spiro atoms. The van der Waals surface area contributed by atoms with Crippen LogP contribution >= 0.6 is 0 Å². The van der Waals surface area contributed by atoms with Crippen LogP contribution < -0.4 is 15.0 Å². The summed E-state index contributed by atoms with van der Waals surface area (Å²) in [6.45, 7) is 3.22. The number of ether oxygens (including phenoxy) is 1. The Morgan fingerprint density at radius 3 is 2.65 bits per heavy atom. The number of para-hydroxylation sites is 1. The van der Waals surface area contributed by atoms with Crippen LogP contribution in [0, 0.1) is 0 Å². The van der Waals surface area contributed by atoms with Crippen molar-refractivity contribution >= 4 is 5.69 Å². The second kappa shape index (κ2) is 7.58. The fraction of sp³-hybridized carbons (Fsp3) is 0.400. The molecule has 3 rings (SSSR count). The number of alkyl halides is 3. The highest BCUT2D eigenvalue weighted by Crippen LogP contribution is 2.37. The van der Waals surface area contributed by atoms with E-state index in [1.165, 1.54) is 6.07 Å². The molecule has 0 aliphatic carbocycles.